The van der Waals surface area contributed by atoms with Gasteiger partial charge in [0.05, 0.1) is 0 Å². The van der Waals surface area contributed by atoms with Gasteiger partial charge in [-0.15, -0.1) is 0 Å². The van der Waals surface area contributed by atoms with Crippen LogP contribution < -0.4 is 0 Å². The average Bonchev–Trinajstić information content (AvgIpc) is 2.48. The third kappa shape index (κ3) is 4.43. The van der Waals surface area contributed by atoms with Crippen LogP contribution in [0.4, 0.5) is 0 Å². The van der Waals surface area contributed by atoms with E-state index in [2.05, 4.69) is 68.4 Å². The number of hydrogen-bond acceptors (Lipinski definition) is 1. The molecule has 0 aliphatic carbocycles. The summed E-state index contributed by atoms with van der Waals surface area (Å²) in [5, 5.41) is 0. The molecule has 2 aromatic carbocycles. The second-order valence-corrected chi connectivity index (χ2v) is 6.02. The van der Waals surface area contributed by atoms with Crippen LogP contribution in [0.3, 0.4) is 0 Å². The van der Waals surface area contributed by atoms with Crippen LogP contribution in [0.25, 0.3) is 0 Å². The molecular formula is C18H22S. The molecule has 0 saturated carbocycles. The summed E-state index contributed by atoms with van der Waals surface area (Å²) in [4.78, 5) is 0. The summed E-state index contributed by atoms with van der Waals surface area (Å²) < 4.78 is 0. The first-order valence-corrected chi connectivity index (χ1v) is 8.15. The number of rotatable bonds is 6. The largest absolute Gasteiger partial charge is 0.152 e. The van der Waals surface area contributed by atoms with E-state index in [1.165, 1.54) is 23.1 Å². The molecule has 0 amide bonds. The number of thioether (sulfide) groups is 1. The van der Waals surface area contributed by atoms with Crippen LogP contribution in [0.2, 0.25) is 0 Å². The van der Waals surface area contributed by atoms with Crippen molar-refractivity contribution in [3.8, 4) is 0 Å². The van der Waals surface area contributed by atoms with E-state index in [-0.39, 0.29) is 0 Å². The van der Waals surface area contributed by atoms with Crippen molar-refractivity contribution in [1.29, 1.82) is 0 Å². The molecule has 0 nitrogen and oxygen atoms in total. The predicted molar refractivity (Wildman–Crippen MR) is 86.6 cm³/mol. The Hall–Kier alpha value is -1.21. The van der Waals surface area contributed by atoms with Crippen molar-refractivity contribution in [3.63, 3.8) is 0 Å². The van der Waals surface area contributed by atoms with E-state index in [0.29, 0.717) is 5.92 Å². The van der Waals surface area contributed by atoms with Gasteiger partial charge in [0.25, 0.3) is 0 Å². The molecule has 0 aromatic heterocycles. The Labute approximate surface area is 121 Å². The van der Waals surface area contributed by atoms with Crippen molar-refractivity contribution in [2.45, 2.75) is 37.7 Å². The molecule has 1 unspecified atom stereocenters. The maximum absolute atomic E-state index is 2.37. The van der Waals surface area contributed by atoms with Gasteiger partial charge < -0.3 is 0 Å². The first kappa shape index (κ1) is 14.2. The highest BCUT2D eigenvalue weighted by atomic mass is 32.2. The lowest BCUT2D eigenvalue weighted by Crippen LogP contribution is -1.92. The minimum Gasteiger partial charge on any atom is -0.152 e. The van der Waals surface area contributed by atoms with Gasteiger partial charge in [-0.2, -0.15) is 11.8 Å². The van der Waals surface area contributed by atoms with Gasteiger partial charge in [0.1, 0.15) is 0 Å². The molecule has 0 N–H and O–H groups in total. The van der Waals surface area contributed by atoms with Crippen molar-refractivity contribution in [1.82, 2.24) is 0 Å². The molecule has 2 rings (SSSR count). The maximum atomic E-state index is 2.37. The summed E-state index contributed by atoms with van der Waals surface area (Å²) in [5.41, 5.74) is 4.32. The van der Waals surface area contributed by atoms with E-state index < -0.39 is 0 Å². The SMILES string of the molecule is CCC(C)c1cccc(CSCc2ccccc2)c1. The number of hydrogen-bond donors (Lipinski definition) is 0. The molecule has 0 saturated heterocycles. The molecule has 2 aromatic rings. The van der Waals surface area contributed by atoms with Crippen molar-refractivity contribution >= 4 is 11.8 Å². The summed E-state index contributed by atoms with van der Waals surface area (Å²) in [6.45, 7) is 4.55. The summed E-state index contributed by atoms with van der Waals surface area (Å²) in [6.07, 6.45) is 1.21. The summed E-state index contributed by atoms with van der Waals surface area (Å²) >= 11 is 1.99. The van der Waals surface area contributed by atoms with Crippen LogP contribution in [0.15, 0.2) is 54.6 Å². The Bertz CT molecular complexity index is 490. The van der Waals surface area contributed by atoms with Crippen molar-refractivity contribution in [2.24, 2.45) is 0 Å². The first-order valence-electron chi connectivity index (χ1n) is 7.00. The third-order valence-corrected chi connectivity index (χ3v) is 4.59. The van der Waals surface area contributed by atoms with Crippen LogP contribution >= 0.6 is 11.8 Å². The summed E-state index contributed by atoms with van der Waals surface area (Å²) in [7, 11) is 0. The molecule has 0 aliphatic heterocycles. The van der Waals surface area contributed by atoms with Crippen molar-refractivity contribution in [3.05, 3.63) is 71.3 Å². The van der Waals surface area contributed by atoms with Gasteiger partial charge in [0.2, 0.25) is 0 Å². The molecule has 0 aliphatic rings. The van der Waals surface area contributed by atoms with Gasteiger partial charge >= 0.3 is 0 Å². The smallest absolute Gasteiger partial charge is 0.0188 e. The van der Waals surface area contributed by atoms with Crippen LogP contribution in [-0.4, -0.2) is 0 Å². The maximum Gasteiger partial charge on any atom is 0.0188 e. The molecule has 100 valence electrons. The highest BCUT2D eigenvalue weighted by Crippen LogP contribution is 2.23. The standard InChI is InChI=1S/C18H22S/c1-3-15(2)18-11-7-10-17(12-18)14-19-13-16-8-5-4-6-9-16/h4-12,15H,3,13-14H2,1-2H3. The second kappa shape index (κ2) is 7.40. The molecule has 0 spiro atoms. The molecule has 19 heavy (non-hydrogen) atoms. The first-order chi connectivity index (χ1) is 9.29. The highest BCUT2D eigenvalue weighted by molar-refractivity contribution is 7.97. The van der Waals surface area contributed by atoms with Gasteiger partial charge in [0, 0.05) is 11.5 Å². The fourth-order valence-corrected chi connectivity index (χ4v) is 3.03. The second-order valence-electron chi connectivity index (χ2n) is 5.03. The van der Waals surface area contributed by atoms with Crippen LogP contribution in [-0.2, 0) is 11.5 Å². The Morgan fingerprint density at radius 2 is 1.58 bits per heavy atom. The molecule has 0 radical (unpaired) electrons. The van der Waals surface area contributed by atoms with E-state index in [0.717, 1.165) is 11.5 Å². The normalized spacial score (nSPS) is 12.3. The van der Waals surface area contributed by atoms with Gasteiger partial charge in [-0.05, 0) is 29.0 Å². The molecule has 0 heterocycles. The molecule has 1 atom stereocenters. The Balaban J connectivity index is 1.89. The fraction of sp³-hybridized carbons (Fsp3) is 0.333. The minimum absolute atomic E-state index is 0.666. The van der Waals surface area contributed by atoms with Gasteiger partial charge in [-0.3, -0.25) is 0 Å². The molecular weight excluding hydrogens is 248 g/mol. The Kier molecular flexibility index (Phi) is 5.53. The van der Waals surface area contributed by atoms with Crippen LogP contribution in [0.1, 0.15) is 42.9 Å². The van der Waals surface area contributed by atoms with Crippen LogP contribution in [0, 0.1) is 0 Å². The fourth-order valence-electron chi connectivity index (χ4n) is 2.09. The number of benzene rings is 2. The highest BCUT2D eigenvalue weighted by Gasteiger charge is 2.03. The predicted octanol–water partition coefficient (Wildman–Crippen LogP) is 5.63. The van der Waals surface area contributed by atoms with Gasteiger partial charge in [-0.25, -0.2) is 0 Å². The lowest BCUT2D eigenvalue weighted by atomic mass is 9.97. The topological polar surface area (TPSA) is 0 Å². The molecule has 0 fully saturated rings. The minimum atomic E-state index is 0.666. The van der Waals surface area contributed by atoms with Crippen molar-refractivity contribution in [2.75, 3.05) is 0 Å². The Morgan fingerprint density at radius 3 is 2.32 bits per heavy atom. The summed E-state index contributed by atoms with van der Waals surface area (Å²) in [5.74, 6) is 2.85. The average molecular weight is 270 g/mol. The van der Waals surface area contributed by atoms with Crippen molar-refractivity contribution < 1.29 is 0 Å². The Morgan fingerprint density at radius 1 is 0.895 bits per heavy atom. The van der Waals surface area contributed by atoms with E-state index >= 15 is 0 Å². The molecule has 0 bridgehead atoms. The third-order valence-electron chi connectivity index (χ3n) is 3.51. The van der Waals surface area contributed by atoms with Crippen LogP contribution in [0.5, 0.6) is 0 Å². The lowest BCUT2D eigenvalue weighted by molar-refractivity contribution is 0.733. The van der Waals surface area contributed by atoms with E-state index in [9.17, 15) is 0 Å². The monoisotopic (exact) mass is 270 g/mol. The zero-order chi connectivity index (χ0) is 13.5. The lowest BCUT2D eigenvalue weighted by Gasteiger charge is -2.10. The van der Waals surface area contributed by atoms with E-state index in [1.807, 2.05) is 11.8 Å². The van der Waals surface area contributed by atoms with E-state index in [4.69, 9.17) is 0 Å². The van der Waals surface area contributed by atoms with E-state index in [1.54, 1.807) is 0 Å². The summed E-state index contributed by atoms with van der Waals surface area (Å²) in [6, 6.07) is 19.7. The molecule has 1 heteroatoms. The van der Waals surface area contributed by atoms with Gasteiger partial charge in [0.15, 0.2) is 0 Å². The van der Waals surface area contributed by atoms with Gasteiger partial charge in [-0.1, -0.05) is 68.4 Å². The zero-order valence-electron chi connectivity index (χ0n) is 11.8. The zero-order valence-corrected chi connectivity index (χ0v) is 12.6. The quantitative estimate of drug-likeness (QED) is 0.655.